The van der Waals surface area contributed by atoms with Crippen molar-refractivity contribution in [2.75, 3.05) is 12.0 Å². The third kappa shape index (κ3) is 1.83. The fourth-order valence-electron chi connectivity index (χ4n) is 2.45. The molecular formula is C12H18N4OS. The van der Waals surface area contributed by atoms with E-state index in [0.29, 0.717) is 17.8 Å². The summed E-state index contributed by atoms with van der Waals surface area (Å²) in [4.78, 5) is 18.5. The summed E-state index contributed by atoms with van der Waals surface area (Å²) >= 11 is 1.68. The highest BCUT2D eigenvalue weighted by Crippen LogP contribution is 2.34. The molecule has 1 aromatic rings. The first kappa shape index (κ1) is 12.0. The van der Waals surface area contributed by atoms with Crippen LogP contribution in [0.25, 0.3) is 0 Å². The molecule has 0 radical (unpaired) electrons. The highest BCUT2D eigenvalue weighted by atomic mass is 32.2. The molecule has 1 N–H and O–H groups in total. The maximum Gasteiger partial charge on any atom is 0.280 e. The molecule has 1 atom stereocenters. The lowest BCUT2D eigenvalue weighted by atomic mass is 10.2. The van der Waals surface area contributed by atoms with Gasteiger partial charge in [-0.15, -0.1) is 0 Å². The van der Waals surface area contributed by atoms with Gasteiger partial charge in [-0.2, -0.15) is 4.98 Å². The highest BCUT2D eigenvalue weighted by Gasteiger charge is 2.29. The zero-order chi connectivity index (χ0) is 12.9. The molecule has 5 nitrogen and oxygen atoms in total. The van der Waals surface area contributed by atoms with Crippen LogP contribution in [0, 0.1) is 0 Å². The Morgan fingerprint density at radius 2 is 2.28 bits per heavy atom. The number of hydrogen-bond acceptors (Lipinski definition) is 5. The third-order valence-electron chi connectivity index (χ3n) is 3.53. The lowest BCUT2D eigenvalue weighted by molar-refractivity contribution is 0.217. The summed E-state index contributed by atoms with van der Waals surface area (Å²) in [5, 5.41) is 4.74. The molecule has 3 rings (SSSR count). The first-order valence-electron chi connectivity index (χ1n) is 6.34. The second kappa shape index (κ2) is 4.28. The zero-order valence-corrected chi connectivity index (χ0v) is 11.8. The van der Waals surface area contributed by atoms with E-state index in [1.54, 1.807) is 11.8 Å². The average molecular weight is 266 g/mol. The smallest absolute Gasteiger partial charge is 0.280 e. The van der Waals surface area contributed by atoms with E-state index in [0.717, 1.165) is 29.8 Å². The van der Waals surface area contributed by atoms with Crippen molar-refractivity contribution in [3.05, 3.63) is 15.9 Å². The quantitative estimate of drug-likeness (QED) is 0.777. The molecular weight excluding hydrogens is 248 g/mol. The number of nitrogens with one attached hydrogen (secondary N) is 1. The van der Waals surface area contributed by atoms with Gasteiger partial charge >= 0.3 is 0 Å². The van der Waals surface area contributed by atoms with Crippen LogP contribution in [0.5, 0.6) is 0 Å². The predicted molar refractivity (Wildman–Crippen MR) is 73.0 cm³/mol. The van der Waals surface area contributed by atoms with Crippen molar-refractivity contribution >= 4 is 17.6 Å². The first-order chi connectivity index (χ1) is 8.56. The number of rotatable bonds is 1. The van der Waals surface area contributed by atoms with Gasteiger partial charge in [0.25, 0.3) is 5.56 Å². The van der Waals surface area contributed by atoms with Gasteiger partial charge in [-0.25, -0.2) is 0 Å². The van der Waals surface area contributed by atoms with Crippen LogP contribution in [0.15, 0.2) is 9.95 Å². The summed E-state index contributed by atoms with van der Waals surface area (Å²) in [7, 11) is 0. The summed E-state index contributed by atoms with van der Waals surface area (Å²) in [5.41, 5.74) is 0.740. The van der Waals surface area contributed by atoms with Crippen LogP contribution >= 0.6 is 11.8 Å². The van der Waals surface area contributed by atoms with Crippen LogP contribution in [-0.2, 0) is 13.1 Å². The Balaban J connectivity index is 2.05. The lowest BCUT2D eigenvalue weighted by Crippen LogP contribution is -2.42. The van der Waals surface area contributed by atoms with Gasteiger partial charge in [-0.3, -0.25) is 9.69 Å². The van der Waals surface area contributed by atoms with E-state index in [9.17, 15) is 4.79 Å². The van der Waals surface area contributed by atoms with Crippen molar-refractivity contribution in [2.24, 2.45) is 0 Å². The molecule has 0 spiro atoms. The molecule has 2 aliphatic heterocycles. The van der Waals surface area contributed by atoms with Gasteiger partial charge in [-0.1, -0.05) is 18.7 Å². The van der Waals surface area contributed by atoms with Gasteiger partial charge in [0, 0.05) is 24.4 Å². The Kier molecular flexibility index (Phi) is 2.86. The molecule has 98 valence electrons. The normalized spacial score (nSPS) is 22.8. The molecule has 0 amide bonds. The zero-order valence-electron chi connectivity index (χ0n) is 10.9. The Bertz CT molecular complexity index is 540. The number of thioether (sulfide) groups is 1. The number of anilines is 1. The van der Waals surface area contributed by atoms with Crippen molar-refractivity contribution in [3.63, 3.8) is 0 Å². The molecule has 0 bridgehead atoms. The lowest BCUT2D eigenvalue weighted by Gasteiger charge is -2.33. The van der Waals surface area contributed by atoms with E-state index >= 15 is 0 Å². The summed E-state index contributed by atoms with van der Waals surface area (Å²) in [6.07, 6.45) is 0. The van der Waals surface area contributed by atoms with E-state index < -0.39 is 0 Å². The van der Waals surface area contributed by atoms with Crippen LogP contribution in [0.1, 0.15) is 26.3 Å². The third-order valence-corrected chi connectivity index (χ3v) is 4.60. The highest BCUT2D eigenvalue weighted by molar-refractivity contribution is 7.99. The minimum Gasteiger partial charge on any atom is -0.358 e. The summed E-state index contributed by atoms with van der Waals surface area (Å²) < 4.78 is 2.16. The minimum absolute atomic E-state index is 0.0734. The molecule has 0 saturated carbocycles. The largest absolute Gasteiger partial charge is 0.358 e. The fourth-order valence-corrected chi connectivity index (χ4v) is 3.47. The van der Waals surface area contributed by atoms with Gasteiger partial charge in [0.05, 0.1) is 12.2 Å². The Hall–Kier alpha value is -1.01. The summed E-state index contributed by atoms with van der Waals surface area (Å²) in [6, 6.07) is 0.427. The number of nitrogens with zero attached hydrogens (tertiary/aromatic N) is 3. The summed E-state index contributed by atoms with van der Waals surface area (Å²) in [5.74, 6) is 0.985. The maximum atomic E-state index is 12.1. The Morgan fingerprint density at radius 3 is 3.00 bits per heavy atom. The standard InChI is InChI=1S/C12H18N4OS/c1-7(2)15-5-9-10(13-6-15)16-4-8(3)18-12(16)14-11(9)17/h7-8,13H,4-6H2,1-3H3/t8-/m1/s1. The second-order valence-electron chi connectivity index (χ2n) is 5.24. The number of fused-ring (bicyclic) bond motifs is 3. The van der Waals surface area contributed by atoms with E-state index in [-0.39, 0.29) is 5.56 Å². The van der Waals surface area contributed by atoms with E-state index in [1.807, 2.05) is 0 Å². The topological polar surface area (TPSA) is 50.2 Å². The Labute approximate surface area is 111 Å². The van der Waals surface area contributed by atoms with Crippen LogP contribution in [-0.4, -0.2) is 32.4 Å². The van der Waals surface area contributed by atoms with Crippen LogP contribution in [0.4, 0.5) is 5.82 Å². The molecule has 3 heterocycles. The van der Waals surface area contributed by atoms with Crippen molar-refractivity contribution in [3.8, 4) is 0 Å². The molecule has 0 unspecified atom stereocenters. The second-order valence-corrected chi connectivity index (χ2v) is 6.65. The predicted octanol–water partition coefficient (Wildman–Crippen LogP) is 1.33. The van der Waals surface area contributed by atoms with Crippen molar-refractivity contribution in [2.45, 2.75) is 50.3 Å². The minimum atomic E-state index is -0.0734. The molecule has 2 aliphatic rings. The van der Waals surface area contributed by atoms with E-state index in [4.69, 9.17) is 0 Å². The molecule has 18 heavy (non-hydrogen) atoms. The number of hydrogen-bond donors (Lipinski definition) is 1. The van der Waals surface area contributed by atoms with Crippen LogP contribution in [0.3, 0.4) is 0 Å². The molecule has 0 saturated heterocycles. The van der Waals surface area contributed by atoms with Gasteiger partial charge in [0.2, 0.25) is 0 Å². The van der Waals surface area contributed by atoms with Crippen LogP contribution in [0.2, 0.25) is 0 Å². The molecule has 0 aliphatic carbocycles. The van der Waals surface area contributed by atoms with Crippen molar-refractivity contribution in [1.29, 1.82) is 0 Å². The fraction of sp³-hybridized carbons (Fsp3) is 0.667. The SMILES string of the molecule is CC(C)N1CNc2c(c(=O)nc3n2C[C@@H](C)S3)C1. The van der Waals surface area contributed by atoms with Crippen molar-refractivity contribution in [1.82, 2.24) is 14.5 Å². The van der Waals surface area contributed by atoms with Crippen LogP contribution < -0.4 is 10.9 Å². The number of aromatic nitrogens is 2. The van der Waals surface area contributed by atoms with Gasteiger partial charge in [0.15, 0.2) is 5.16 Å². The van der Waals surface area contributed by atoms with E-state index in [1.165, 1.54) is 0 Å². The Morgan fingerprint density at radius 1 is 1.50 bits per heavy atom. The molecule has 0 aromatic carbocycles. The van der Waals surface area contributed by atoms with Gasteiger partial charge < -0.3 is 9.88 Å². The molecule has 6 heteroatoms. The van der Waals surface area contributed by atoms with Crippen molar-refractivity contribution < 1.29 is 0 Å². The van der Waals surface area contributed by atoms with Gasteiger partial charge in [-0.05, 0) is 13.8 Å². The maximum absolute atomic E-state index is 12.1. The first-order valence-corrected chi connectivity index (χ1v) is 7.22. The summed E-state index contributed by atoms with van der Waals surface area (Å²) in [6.45, 7) is 8.88. The average Bonchev–Trinajstić information content (AvgIpc) is 2.69. The monoisotopic (exact) mass is 266 g/mol. The molecule has 0 fully saturated rings. The van der Waals surface area contributed by atoms with E-state index in [2.05, 4.69) is 40.5 Å². The van der Waals surface area contributed by atoms with Gasteiger partial charge in [0.1, 0.15) is 5.82 Å². The molecule has 1 aromatic heterocycles.